The minimum Gasteiger partial charge on any atom is -0.492 e. The van der Waals surface area contributed by atoms with Crippen molar-refractivity contribution < 1.29 is 9.53 Å². The fourth-order valence-electron chi connectivity index (χ4n) is 2.90. The molecule has 1 aliphatic rings. The highest BCUT2D eigenvalue weighted by atomic mass is 16.5. The molecular formula is C18H22N2O2. The van der Waals surface area contributed by atoms with Crippen molar-refractivity contribution in [3.63, 3.8) is 0 Å². The Labute approximate surface area is 130 Å². The molecule has 1 fully saturated rings. The van der Waals surface area contributed by atoms with Gasteiger partial charge >= 0.3 is 6.03 Å². The number of carbonyl (C=O) groups is 1. The highest BCUT2D eigenvalue weighted by Gasteiger charge is 2.16. The van der Waals surface area contributed by atoms with E-state index in [0.717, 1.165) is 24.0 Å². The molecule has 4 heteroatoms. The molecule has 116 valence electrons. The lowest BCUT2D eigenvalue weighted by Crippen LogP contribution is -2.42. The van der Waals surface area contributed by atoms with Crippen molar-refractivity contribution in [2.24, 2.45) is 0 Å². The predicted octanol–water partition coefficient (Wildman–Crippen LogP) is 3.46. The molecule has 0 aromatic heterocycles. The molecule has 22 heavy (non-hydrogen) atoms. The van der Waals surface area contributed by atoms with Gasteiger partial charge in [0.25, 0.3) is 0 Å². The predicted molar refractivity (Wildman–Crippen MR) is 88.2 cm³/mol. The van der Waals surface area contributed by atoms with E-state index in [1.54, 1.807) is 0 Å². The summed E-state index contributed by atoms with van der Waals surface area (Å²) < 4.78 is 5.69. The summed E-state index contributed by atoms with van der Waals surface area (Å²) in [7, 11) is 0. The van der Waals surface area contributed by atoms with Crippen LogP contribution < -0.4 is 15.4 Å². The van der Waals surface area contributed by atoms with Crippen molar-refractivity contribution in [3.8, 4) is 5.75 Å². The summed E-state index contributed by atoms with van der Waals surface area (Å²) in [5.74, 6) is 0.830. The first-order valence-corrected chi connectivity index (χ1v) is 7.97. The monoisotopic (exact) mass is 298 g/mol. The molecular weight excluding hydrogens is 276 g/mol. The average molecular weight is 298 g/mol. The van der Waals surface area contributed by atoms with Gasteiger partial charge < -0.3 is 15.4 Å². The number of ether oxygens (including phenoxy) is 1. The molecule has 0 aliphatic heterocycles. The van der Waals surface area contributed by atoms with E-state index in [0.29, 0.717) is 19.2 Å². The minimum absolute atomic E-state index is 0.0889. The van der Waals surface area contributed by atoms with Gasteiger partial charge in [0, 0.05) is 6.04 Å². The van der Waals surface area contributed by atoms with Crippen molar-refractivity contribution in [1.82, 2.24) is 10.6 Å². The molecule has 0 radical (unpaired) electrons. The van der Waals surface area contributed by atoms with Crippen molar-refractivity contribution in [2.45, 2.75) is 31.7 Å². The van der Waals surface area contributed by atoms with Gasteiger partial charge in [0.15, 0.2) is 0 Å². The van der Waals surface area contributed by atoms with Crippen LogP contribution in [-0.2, 0) is 0 Å². The molecule has 1 aliphatic carbocycles. The fraction of sp³-hybridized carbons (Fsp3) is 0.389. The maximum Gasteiger partial charge on any atom is 0.315 e. The van der Waals surface area contributed by atoms with Crippen LogP contribution >= 0.6 is 0 Å². The zero-order valence-electron chi connectivity index (χ0n) is 12.7. The molecule has 0 atom stereocenters. The fourth-order valence-corrected chi connectivity index (χ4v) is 2.90. The number of hydrogen-bond acceptors (Lipinski definition) is 2. The first-order chi connectivity index (χ1) is 10.8. The summed E-state index contributed by atoms with van der Waals surface area (Å²) in [4.78, 5) is 11.7. The molecule has 0 spiro atoms. The summed E-state index contributed by atoms with van der Waals surface area (Å²) in [5, 5.41) is 8.20. The quantitative estimate of drug-likeness (QED) is 0.831. The first-order valence-electron chi connectivity index (χ1n) is 7.97. The van der Waals surface area contributed by atoms with E-state index < -0.39 is 0 Å². The average Bonchev–Trinajstić information content (AvgIpc) is 3.04. The summed E-state index contributed by atoms with van der Waals surface area (Å²) in [6.07, 6.45) is 4.63. The lowest BCUT2D eigenvalue weighted by Gasteiger charge is -2.13. The second kappa shape index (κ2) is 7.16. The molecule has 2 N–H and O–H groups in total. The number of rotatable bonds is 5. The SMILES string of the molecule is O=C(NCCOc1ccc2ccccc2c1)NC1CCCC1. The van der Waals surface area contributed by atoms with Crippen molar-refractivity contribution in [3.05, 3.63) is 42.5 Å². The topological polar surface area (TPSA) is 50.4 Å². The second-order valence-electron chi connectivity index (χ2n) is 5.74. The van der Waals surface area contributed by atoms with Gasteiger partial charge in [-0.05, 0) is 35.7 Å². The minimum atomic E-state index is -0.0889. The zero-order valence-corrected chi connectivity index (χ0v) is 12.7. The Morgan fingerprint density at radius 2 is 1.86 bits per heavy atom. The first kappa shape index (κ1) is 14.7. The van der Waals surface area contributed by atoms with Crippen LogP contribution in [0.15, 0.2) is 42.5 Å². The van der Waals surface area contributed by atoms with Crippen LogP contribution in [0.5, 0.6) is 5.75 Å². The number of fused-ring (bicyclic) bond motifs is 1. The van der Waals surface area contributed by atoms with Gasteiger partial charge in [-0.1, -0.05) is 43.2 Å². The van der Waals surface area contributed by atoms with Gasteiger partial charge in [0.05, 0.1) is 6.54 Å². The zero-order chi connectivity index (χ0) is 15.2. The lowest BCUT2D eigenvalue weighted by atomic mass is 10.1. The molecule has 2 aromatic carbocycles. The van der Waals surface area contributed by atoms with E-state index in [1.807, 2.05) is 30.3 Å². The number of carbonyl (C=O) groups excluding carboxylic acids is 1. The Morgan fingerprint density at radius 1 is 1.09 bits per heavy atom. The highest BCUT2D eigenvalue weighted by Crippen LogP contribution is 2.20. The highest BCUT2D eigenvalue weighted by molar-refractivity contribution is 5.83. The van der Waals surface area contributed by atoms with Gasteiger partial charge in [-0.2, -0.15) is 0 Å². The Balaban J connectivity index is 1.41. The smallest absolute Gasteiger partial charge is 0.315 e. The number of nitrogens with one attached hydrogen (secondary N) is 2. The maximum atomic E-state index is 11.7. The van der Waals surface area contributed by atoms with E-state index in [9.17, 15) is 4.79 Å². The number of hydrogen-bond donors (Lipinski definition) is 2. The Kier molecular flexibility index (Phi) is 4.78. The van der Waals surface area contributed by atoms with Crippen molar-refractivity contribution in [2.75, 3.05) is 13.2 Å². The van der Waals surface area contributed by atoms with Crippen molar-refractivity contribution >= 4 is 16.8 Å². The van der Waals surface area contributed by atoms with E-state index in [-0.39, 0.29) is 6.03 Å². The molecule has 1 saturated carbocycles. The molecule has 4 nitrogen and oxygen atoms in total. The van der Waals surface area contributed by atoms with Crippen LogP contribution in [0.3, 0.4) is 0 Å². The molecule has 0 saturated heterocycles. The van der Waals surface area contributed by atoms with Gasteiger partial charge in [-0.3, -0.25) is 0 Å². The van der Waals surface area contributed by atoms with Crippen LogP contribution in [0, 0.1) is 0 Å². The normalized spacial score (nSPS) is 14.9. The van der Waals surface area contributed by atoms with E-state index >= 15 is 0 Å². The molecule has 2 amide bonds. The lowest BCUT2D eigenvalue weighted by molar-refractivity contribution is 0.233. The van der Waals surface area contributed by atoms with Crippen molar-refractivity contribution in [1.29, 1.82) is 0 Å². The molecule has 0 bridgehead atoms. The number of urea groups is 1. The molecule has 0 heterocycles. The Morgan fingerprint density at radius 3 is 2.68 bits per heavy atom. The second-order valence-corrected chi connectivity index (χ2v) is 5.74. The van der Waals surface area contributed by atoms with Gasteiger partial charge in [0.1, 0.15) is 12.4 Å². The summed E-state index contributed by atoms with van der Waals surface area (Å²) >= 11 is 0. The van der Waals surface area contributed by atoms with Crippen LogP contribution in [-0.4, -0.2) is 25.2 Å². The third kappa shape index (κ3) is 3.91. The third-order valence-electron chi connectivity index (χ3n) is 4.07. The Hall–Kier alpha value is -2.23. The number of amides is 2. The van der Waals surface area contributed by atoms with Gasteiger partial charge in [-0.25, -0.2) is 4.79 Å². The Bertz CT molecular complexity index is 636. The standard InChI is InChI=1S/C18H22N2O2/c21-18(20-16-7-3-4-8-16)19-11-12-22-17-10-9-14-5-1-2-6-15(14)13-17/h1-2,5-6,9-10,13,16H,3-4,7-8,11-12H2,(H2,19,20,21). The third-order valence-corrected chi connectivity index (χ3v) is 4.07. The van der Waals surface area contributed by atoms with Crippen LogP contribution in [0.4, 0.5) is 4.79 Å². The van der Waals surface area contributed by atoms with Crippen LogP contribution in [0.25, 0.3) is 10.8 Å². The van der Waals surface area contributed by atoms with E-state index in [4.69, 9.17) is 4.74 Å². The molecule has 0 unspecified atom stereocenters. The van der Waals surface area contributed by atoms with E-state index in [2.05, 4.69) is 22.8 Å². The van der Waals surface area contributed by atoms with Gasteiger partial charge in [-0.15, -0.1) is 0 Å². The summed E-state index contributed by atoms with van der Waals surface area (Å²) in [6, 6.07) is 14.5. The summed E-state index contributed by atoms with van der Waals surface area (Å²) in [6.45, 7) is 0.974. The maximum absolute atomic E-state index is 11.7. The van der Waals surface area contributed by atoms with E-state index in [1.165, 1.54) is 18.2 Å². The largest absolute Gasteiger partial charge is 0.492 e. The van der Waals surface area contributed by atoms with Gasteiger partial charge in [0.2, 0.25) is 0 Å². The summed E-state index contributed by atoms with van der Waals surface area (Å²) in [5.41, 5.74) is 0. The molecule has 2 aromatic rings. The van der Waals surface area contributed by atoms with Crippen LogP contribution in [0.2, 0.25) is 0 Å². The van der Waals surface area contributed by atoms with Crippen LogP contribution in [0.1, 0.15) is 25.7 Å². The molecule has 3 rings (SSSR count). The number of benzene rings is 2.